The van der Waals surface area contributed by atoms with Crippen molar-refractivity contribution in [3.05, 3.63) is 64.9 Å². The standard InChI is InChI=1S/C21H23ClN4O3/c1-15(19(27)24-12-16-6-2-3-8-18(16)22)13-25-10-11-26(21(29)20(25)28)14-17-7-4-5-9-23-17/h2-9,15H,10-14H2,1H3,(H,24,27)/t15-/m0/s1. The van der Waals surface area contributed by atoms with Gasteiger partial charge in [0.15, 0.2) is 0 Å². The number of carbonyl (C=O) groups excluding carboxylic acids is 3. The minimum absolute atomic E-state index is 0.191. The van der Waals surface area contributed by atoms with Gasteiger partial charge in [0, 0.05) is 37.4 Å². The first-order chi connectivity index (χ1) is 14.0. The zero-order valence-electron chi connectivity index (χ0n) is 16.2. The van der Waals surface area contributed by atoms with Gasteiger partial charge in [-0.05, 0) is 23.8 Å². The summed E-state index contributed by atoms with van der Waals surface area (Å²) < 4.78 is 0. The molecule has 0 saturated carbocycles. The molecule has 0 bridgehead atoms. The summed E-state index contributed by atoms with van der Waals surface area (Å²) in [7, 11) is 0. The topological polar surface area (TPSA) is 82.6 Å². The number of nitrogens with one attached hydrogen (secondary N) is 1. The Kier molecular flexibility index (Phi) is 6.82. The smallest absolute Gasteiger partial charge is 0.312 e. The van der Waals surface area contributed by atoms with E-state index in [2.05, 4.69) is 10.3 Å². The van der Waals surface area contributed by atoms with Gasteiger partial charge in [-0.3, -0.25) is 19.4 Å². The number of carbonyl (C=O) groups is 3. The number of benzene rings is 1. The van der Waals surface area contributed by atoms with Gasteiger partial charge in [0.2, 0.25) is 5.91 Å². The summed E-state index contributed by atoms with van der Waals surface area (Å²) in [6, 6.07) is 12.7. The molecule has 2 aromatic rings. The van der Waals surface area contributed by atoms with Crippen LogP contribution in [0.1, 0.15) is 18.2 Å². The van der Waals surface area contributed by atoms with Gasteiger partial charge in [0.1, 0.15) is 0 Å². The number of pyridine rings is 1. The molecule has 8 heteroatoms. The van der Waals surface area contributed by atoms with Gasteiger partial charge in [-0.2, -0.15) is 0 Å². The van der Waals surface area contributed by atoms with Gasteiger partial charge in [-0.25, -0.2) is 0 Å². The highest BCUT2D eigenvalue weighted by Gasteiger charge is 2.34. The largest absolute Gasteiger partial charge is 0.352 e. The summed E-state index contributed by atoms with van der Waals surface area (Å²) in [5, 5.41) is 3.42. The van der Waals surface area contributed by atoms with Crippen LogP contribution >= 0.6 is 11.6 Å². The Morgan fingerprint density at radius 3 is 2.52 bits per heavy atom. The molecule has 0 unspecified atom stereocenters. The van der Waals surface area contributed by atoms with Gasteiger partial charge in [-0.1, -0.05) is 42.8 Å². The number of hydrogen-bond donors (Lipinski definition) is 1. The third kappa shape index (κ3) is 5.32. The second kappa shape index (κ2) is 9.52. The van der Waals surface area contributed by atoms with Gasteiger partial charge >= 0.3 is 11.8 Å². The first-order valence-corrected chi connectivity index (χ1v) is 9.82. The molecule has 1 fully saturated rings. The van der Waals surface area contributed by atoms with Gasteiger partial charge in [0.25, 0.3) is 0 Å². The monoisotopic (exact) mass is 414 g/mol. The van der Waals surface area contributed by atoms with Crippen molar-refractivity contribution < 1.29 is 14.4 Å². The van der Waals surface area contributed by atoms with Crippen molar-refractivity contribution in [2.24, 2.45) is 5.92 Å². The van der Waals surface area contributed by atoms with E-state index in [4.69, 9.17) is 11.6 Å². The van der Waals surface area contributed by atoms with Crippen LogP contribution in [-0.4, -0.2) is 52.1 Å². The SMILES string of the molecule is C[C@@H](CN1CCN(Cc2ccccn2)C(=O)C1=O)C(=O)NCc1ccccc1Cl. The molecule has 1 aliphatic heterocycles. The third-order valence-corrected chi connectivity index (χ3v) is 5.20. The maximum atomic E-state index is 12.5. The Morgan fingerprint density at radius 1 is 1.10 bits per heavy atom. The number of aromatic nitrogens is 1. The van der Waals surface area contributed by atoms with Crippen molar-refractivity contribution >= 4 is 29.3 Å². The van der Waals surface area contributed by atoms with E-state index in [1.165, 1.54) is 9.80 Å². The average Bonchev–Trinajstić information content (AvgIpc) is 2.73. The van der Waals surface area contributed by atoms with Crippen LogP contribution in [0.4, 0.5) is 0 Å². The average molecular weight is 415 g/mol. The second-order valence-electron chi connectivity index (χ2n) is 7.01. The fraction of sp³-hybridized carbons (Fsp3) is 0.333. The normalized spacial score (nSPS) is 15.4. The lowest BCUT2D eigenvalue weighted by atomic mass is 10.1. The molecule has 1 aromatic heterocycles. The van der Waals surface area contributed by atoms with E-state index in [1.807, 2.05) is 30.3 Å². The molecule has 1 saturated heterocycles. The highest BCUT2D eigenvalue weighted by molar-refractivity contribution is 6.35. The Balaban J connectivity index is 1.51. The quantitative estimate of drug-likeness (QED) is 0.701. The molecule has 1 aliphatic rings. The summed E-state index contributed by atoms with van der Waals surface area (Å²) in [5.41, 5.74) is 1.55. The molecule has 152 valence electrons. The fourth-order valence-electron chi connectivity index (χ4n) is 3.14. The molecule has 7 nitrogen and oxygen atoms in total. The molecule has 2 heterocycles. The molecule has 0 radical (unpaired) electrons. The van der Waals surface area contributed by atoms with Gasteiger partial charge in [-0.15, -0.1) is 0 Å². The summed E-state index contributed by atoms with van der Waals surface area (Å²) >= 11 is 6.10. The Morgan fingerprint density at radius 2 is 1.79 bits per heavy atom. The summed E-state index contributed by atoms with van der Waals surface area (Å²) in [6.07, 6.45) is 1.65. The highest BCUT2D eigenvalue weighted by atomic mass is 35.5. The number of rotatable bonds is 7. The maximum Gasteiger partial charge on any atom is 0.312 e. The first kappa shape index (κ1) is 20.8. The van der Waals surface area contributed by atoms with Gasteiger partial charge < -0.3 is 15.1 Å². The lowest BCUT2D eigenvalue weighted by Crippen LogP contribution is -2.55. The predicted octanol–water partition coefficient (Wildman–Crippen LogP) is 1.86. The van der Waals surface area contributed by atoms with Crippen molar-refractivity contribution in [2.75, 3.05) is 19.6 Å². The number of halogens is 1. The van der Waals surface area contributed by atoms with E-state index in [9.17, 15) is 14.4 Å². The van der Waals surface area contributed by atoms with E-state index in [0.29, 0.717) is 31.2 Å². The molecular weight excluding hydrogens is 392 g/mol. The minimum Gasteiger partial charge on any atom is -0.352 e. The van der Waals surface area contributed by atoms with Crippen LogP contribution in [0.2, 0.25) is 5.02 Å². The zero-order valence-corrected chi connectivity index (χ0v) is 16.9. The van der Waals surface area contributed by atoms with E-state index in [0.717, 1.165) is 11.3 Å². The fourth-order valence-corrected chi connectivity index (χ4v) is 3.34. The van der Waals surface area contributed by atoms with Crippen LogP contribution in [0.25, 0.3) is 0 Å². The molecule has 1 aromatic carbocycles. The number of piperazine rings is 1. The van der Waals surface area contributed by atoms with Crippen LogP contribution in [-0.2, 0) is 27.5 Å². The molecule has 1 atom stereocenters. The number of nitrogens with zero attached hydrogens (tertiary/aromatic N) is 3. The van der Waals surface area contributed by atoms with Crippen molar-refractivity contribution in [1.82, 2.24) is 20.1 Å². The first-order valence-electron chi connectivity index (χ1n) is 9.45. The summed E-state index contributed by atoms with van der Waals surface area (Å²) in [5.74, 6) is -1.79. The molecule has 3 rings (SSSR count). The third-order valence-electron chi connectivity index (χ3n) is 4.83. The zero-order chi connectivity index (χ0) is 20.8. The lowest BCUT2D eigenvalue weighted by molar-refractivity contribution is -0.157. The van der Waals surface area contributed by atoms with Crippen LogP contribution in [0.3, 0.4) is 0 Å². The maximum absolute atomic E-state index is 12.5. The Bertz CT molecular complexity index is 891. The lowest BCUT2D eigenvalue weighted by Gasteiger charge is -2.34. The Hall–Kier alpha value is -2.93. The molecular formula is C21H23ClN4O3. The van der Waals surface area contributed by atoms with E-state index >= 15 is 0 Å². The molecule has 0 aliphatic carbocycles. The van der Waals surface area contributed by atoms with Crippen molar-refractivity contribution in [3.8, 4) is 0 Å². The van der Waals surface area contributed by atoms with Crippen LogP contribution in [0.5, 0.6) is 0 Å². The summed E-state index contributed by atoms with van der Waals surface area (Å²) in [4.78, 5) is 44.4. The number of hydrogen-bond acceptors (Lipinski definition) is 4. The van der Waals surface area contributed by atoms with Gasteiger partial charge in [0.05, 0.1) is 18.2 Å². The number of amides is 3. The molecule has 1 N–H and O–H groups in total. The van der Waals surface area contributed by atoms with Crippen LogP contribution in [0.15, 0.2) is 48.7 Å². The van der Waals surface area contributed by atoms with Crippen molar-refractivity contribution in [3.63, 3.8) is 0 Å². The van der Waals surface area contributed by atoms with Crippen LogP contribution < -0.4 is 5.32 Å². The van der Waals surface area contributed by atoms with Crippen LogP contribution in [0, 0.1) is 5.92 Å². The van der Waals surface area contributed by atoms with E-state index in [1.54, 1.807) is 25.3 Å². The predicted molar refractivity (Wildman–Crippen MR) is 109 cm³/mol. The molecule has 0 spiro atoms. The summed E-state index contributed by atoms with van der Waals surface area (Å²) in [6.45, 7) is 3.34. The van der Waals surface area contributed by atoms with E-state index in [-0.39, 0.29) is 12.5 Å². The molecule has 29 heavy (non-hydrogen) atoms. The van der Waals surface area contributed by atoms with Crippen molar-refractivity contribution in [1.29, 1.82) is 0 Å². The Labute approximate surface area is 174 Å². The second-order valence-corrected chi connectivity index (χ2v) is 7.42. The van der Waals surface area contributed by atoms with E-state index < -0.39 is 17.7 Å². The minimum atomic E-state index is -0.585. The van der Waals surface area contributed by atoms with Crippen molar-refractivity contribution in [2.45, 2.75) is 20.0 Å². The highest BCUT2D eigenvalue weighted by Crippen LogP contribution is 2.15. The molecule has 3 amide bonds.